The Labute approximate surface area is 525 Å². The van der Waals surface area contributed by atoms with Crippen LogP contribution in [0.2, 0.25) is 0 Å². The first kappa shape index (κ1) is 285. The molecule has 26 heavy (non-hydrogen) atoms. The van der Waals surface area contributed by atoms with Crippen molar-refractivity contribution in [1.82, 2.24) is 0 Å². The molecule has 0 saturated carbocycles. The van der Waals surface area contributed by atoms with Gasteiger partial charge in [-0.2, -0.15) is 0 Å². The molecule has 5 nitrogen and oxygen atoms in total. The van der Waals surface area contributed by atoms with Gasteiger partial charge in [0.25, 0.3) is 0 Å². The zero-order chi connectivity index (χ0) is 0. The van der Waals surface area contributed by atoms with Crippen LogP contribution in [0.4, 0.5) is 0 Å². The molecule has 0 fully saturated rings. The van der Waals surface area contributed by atoms with Crippen molar-refractivity contribution >= 4 is 442 Å². The first-order chi connectivity index (χ1) is 0. The Kier molecular flexibility index (Phi) is 2890. The molecule has 26 heteroatoms. The standard InChI is InChI=1S/6Ba.5O.11S.4V/q6*+2;16*-2;;;;. The number of hydrogen-bond donors (Lipinski definition) is 0. The summed E-state index contributed by atoms with van der Waals surface area (Å²) in [6, 6.07) is 0. The first-order valence-electron chi connectivity index (χ1n) is 0. The summed E-state index contributed by atoms with van der Waals surface area (Å²) in [6.07, 6.45) is 0. The van der Waals surface area contributed by atoms with Crippen LogP contribution in [0, 0.1) is 0 Å². The van der Waals surface area contributed by atoms with Crippen LogP contribution in [0.25, 0.3) is 0 Å². The molecule has 0 heterocycles. The molecule has 0 aliphatic heterocycles. The van der Waals surface area contributed by atoms with Gasteiger partial charge in [0.15, 0.2) is 0 Å². The Morgan fingerprint density at radius 2 is 0.154 bits per heavy atom. The smallest absolute Gasteiger partial charge is 2.00 e. The molecule has 0 rings (SSSR count). The fourth-order valence-electron chi connectivity index (χ4n) is 0. The Balaban J connectivity index is 0. The van der Waals surface area contributed by atoms with Crippen LogP contribution < -0.4 is 0 Å². The van der Waals surface area contributed by atoms with Gasteiger partial charge in [-0.15, -0.1) is 0 Å². The zero-order valence-electron chi connectivity index (χ0n) is 12.6. The van der Waals surface area contributed by atoms with Crippen molar-refractivity contribution in [2.75, 3.05) is 0 Å². The van der Waals surface area contributed by atoms with Gasteiger partial charge in [0.05, 0.1) is 0 Å². The second-order valence-corrected chi connectivity index (χ2v) is 0. The van der Waals surface area contributed by atoms with Crippen LogP contribution in [0.15, 0.2) is 0 Å². The molecule has 0 saturated heterocycles. The van der Waals surface area contributed by atoms with E-state index in [1.165, 1.54) is 0 Å². The normalized spacial score (nSPS) is 0. The predicted molar refractivity (Wildman–Crippen MR) is 119 cm³/mol. The third-order valence-corrected chi connectivity index (χ3v) is 0. The van der Waals surface area contributed by atoms with E-state index in [9.17, 15) is 0 Å². The second kappa shape index (κ2) is 264. The van der Waals surface area contributed by atoms with Gasteiger partial charge < -0.3 is 176 Å². The summed E-state index contributed by atoms with van der Waals surface area (Å²) in [7, 11) is 0. The van der Waals surface area contributed by atoms with E-state index in [4.69, 9.17) is 0 Å². The van der Waals surface area contributed by atoms with E-state index >= 15 is 0 Å². The van der Waals surface area contributed by atoms with Gasteiger partial charge in [0.2, 0.25) is 0 Å². The van der Waals surface area contributed by atoms with E-state index < -0.39 is 0 Å². The van der Waals surface area contributed by atoms with Crippen molar-refractivity contribution in [3.8, 4) is 0 Å². The van der Waals surface area contributed by atoms with Crippen LogP contribution >= 0.6 is 0 Å². The summed E-state index contributed by atoms with van der Waals surface area (Å²) < 4.78 is 0. The molecule has 0 aliphatic rings. The molecular weight excluding hydrogens is 1460 g/mol. The van der Waals surface area contributed by atoms with Crippen molar-refractivity contribution in [3.05, 3.63) is 0 Å². The fourth-order valence-corrected chi connectivity index (χ4v) is 0. The minimum absolute atomic E-state index is 0. The van der Waals surface area contributed by atoms with Gasteiger partial charge in [0.1, 0.15) is 0 Å². The minimum atomic E-state index is 0. The molecule has 0 N–H and O–H groups in total. The average Bonchev–Trinajstić information content (AvgIpc) is 0. The summed E-state index contributed by atoms with van der Waals surface area (Å²) in [5.74, 6) is 0. The van der Waals surface area contributed by atoms with Crippen molar-refractivity contribution in [1.29, 1.82) is 0 Å². The van der Waals surface area contributed by atoms with Gasteiger partial charge in [0, 0.05) is 74.2 Å². The van der Waals surface area contributed by atoms with Gasteiger partial charge in [-0.1, -0.05) is 0 Å². The van der Waals surface area contributed by atoms with Crippen LogP contribution in [0.5, 0.6) is 0 Å². The average molecular weight is 1460 g/mol. The molecule has 0 aromatic heterocycles. The summed E-state index contributed by atoms with van der Waals surface area (Å²) in [5, 5.41) is 0. The third-order valence-electron chi connectivity index (χ3n) is 0. The SMILES string of the molecule is [Ba+2].[Ba+2].[Ba+2].[Ba+2].[Ba+2].[Ba+2].[O-2].[O-2].[O-2].[O-2].[O-2].[S-2].[S-2].[S-2].[S-2].[S-2].[S-2].[S-2].[S-2].[S-2].[S-2].[S-2].[V].[V].[V].[V]. The Morgan fingerprint density at radius 1 is 0.154 bits per heavy atom. The molecule has 0 aromatic carbocycles. The fraction of sp³-hybridized carbons (Fsp3) is 0. The summed E-state index contributed by atoms with van der Waals surface area (Å²) in [4.78, 5) is 0. The van der Waals surface area contributed by atoms with E-state index in [2.05, 4.69) is 0 Å². The molecule has 0 aromatic rings. The molecular formula is Ba6O5S11V4-20. The van der Waals surface area contributed by atoms with Crippen LogP contribution in [-0.4, -0.2) is 293 Å². The van der Waals surface area contributed by atoms with E-state index in [-0.39, 0.29) is 543 Å². The van der Waals surface area contributed by atoms with Gasteiger partial charge in [-0.25, -0.2) is 0 Å². The maximum atomic E-state index is 0. The zero-order valence-corrected chi connectivity index (χ0v) is 53.8. The second-order valence-electron chi connectivity index (χ2n) is 0. The monoisotopic (exact) mass is 1460 g/mol. The maximum absolute atomic E-state index is 0. The number of hydrogen-bond acceptors (Lipinski definition) is 0. The molecule has 0 unspecified atom stereocenters. The summed E-state index contributed by atoms with van der Waals surface area (Å²) >= 11 is 0. The Morgan fingerprint density at radius 3 is 0.154 bits per heavy atom. The molecule has 0 aliphatic carbocycles. The summed E-state index contributed by atoms with van der Waals surface area (Å²) in [5.41, 5.74) is 0. The van der Waals surface area contributed by atoms with Gasteiger partial charge in [-0.3, -0.25) is 0 Å². The van der Waals surface area contributed by atoms with Gasteiger partial charge in [-0.05, 0) is 0 Å². The predicted octanol–water partition coefficient (Wildman–Crippen LogP) is -2.92. The first-order valence-corrected chi connectivity index (χ1v) is 0. The van der Waals surface area contributed by atoms with Crippen molar-refractivity contribution in [2.24, 2.45) is 0 Å². The number of rotatable bonds is 0. The molecule has 0 bridgehead atoms. The summed E-state index contributed by atoms with van der Waals surface area (Å²) in [6.45, 7) is 0. The van der Waals surface area contributed by atoms with Crippen LogP contribution in [-0.2, 0) is 250 Å². The largest absolute Gasteiger partial charge is 2.00 e. The quantitative estimate of drug-likeness (QED) is 0.230. The maximum Gasteiger partial charge on any atom is 2.00 e. The molecule has 0 atom stereocenters. The Bertz CT molecular complexity index is 49.0. The topological polar surface area (TPSA) is 142 Å². The molecule has 0 spiro atoms. The van der Waals surface area contributed by atoms with Crippen LogP contribution in [0.3, 0.4) is 0 Å². The van der Waals surface area contributed by atoms with Crippen molar-refractivity contribution in [3.63, 3.8) is 0 Å². The van der Waals surface area contributed by atoms with Gasteiger partial charge >= 0.3 is 293 Å². The third kappa shape index (κ3) is 245. The Hall–Kier alpha value is 15.4. The van der Waals surface area contributed by atoms with E-state index in [0.717, 1.165) is 0 Å². The minimum Gasteiger partial charge on any atom is -2.00 e. The molecule has 148 valence electrons. The molecule has 0 amide bonds. The van der Waals surface area contributed by atoms with Crippen molar-refractivity contribution < 1.29 is 102 Å². The van der Waals surface area contributed by atoms with E-state index in [1.54, 1.807) is 0 Å². The van der Waals surface area contributed by atoms with Crippen LogP contribution in [0.1, 0.15) is 0 Å². The molecule has 4 radical (unpaired) electrons. The van der Waals surface area contributed by atoms with Crippen molar-refractivity contribution in [2.45, 2.75) is 0 Å². The van der Waals surface area contributed by atoms with E-state index in [0.29, 0.717) is 0 Å². The van der Waals surface area contributed by atoms with E-state index in [1.807, 2.05) is 0 Å².